The summed E-state index contributed by atoms with van der Waals surface area (Å²) in [5.41, 5.74) is 2.49. The molecule has 4 aromatic carbocycles. The summed E-state index contributed by atoms with van der Waals surface area (Å²) >= 11 is 0. The van der Waals surface area contributed by atoms with Gasteiger partial charge in [-0.05, 0) is 41.3 Å². The first-order valence-electron chi connectivity index (χ1n) is 15.6. The van der Waals surface area contributed by atoms with Crippen LogP contribution < -0.4 is 39.6 Å². The number of fused-ring (bicyclic) bond motifs is 1. The van der Waals surface area contributed by atoms with Gasteiger partial charge in [-0.3, -0.25) is 0 Å². The number of methoxy groups -OCH3 is 3. The number of carbonyl (C=O) groups excluding carboxylic acids is 1. The number of aromatic nitrogens is 1. The second-order valence-electron chi connectivity index (χ2n) is 12.3. The van der Waals surface area contributed by atoms with E-state index >= 15 is 0 Å². The summed E-state index contributed by atoms with van der Waals surface area (Å²) in [5, 5.41) is 20.1. The van der Waals surface area contributed by atoms with E-state index in [1.54, 1.807) is 30.5 Å². The molecule has 5 aromatic rings. The van der Waals surface area contributed by atoms with E-state index in [0.29, 0.717) is 45.8 Å². The number of hydrogen-bond acceptors (Lipinski definition) is 9. The number of rotatable bonds is 12. The first-order chi connectivity index (χ1) is 24.3. The van der Waals surface area contributed by atoms with Crippen molar-refractivity contribution < 1.29 is 37.9 Å². The van der Waals surface area contributed by atoms with Crippen molar-refractivity contribution in [2.45, 2.75) is 26.2 Å². The number of aromatic carboxylic acids is 1. The van der Waals surface area contributed by atoms with Gasteiger partial charge in [0.25, 0.3) is 0 Å². The average molecular weight is 714 g/mol. The minimum atomic E-state index is -1.37. The van der Waals surface area contributed by atoms with Crippen LogP contribution in [0, 0.1) is 0 Å². The van der Waals surface area contributed by atoms with Gasteiger partial charge in [-0.15, -0.1) is 0 Å². The van der Waals surface area contributed by atoms with E-state index in [1.165, 1.54) is 39.7 Å². The second kappa shape index (κ2) is 15.3. The van der Waals surface area contributed by atoms with Crippen LogP contribution in [0.5, 0.6) is 28.7 Å². The van der Waals surface area contributed by atoms with Gasteiger partial charge in [-0.1, -0.05) is 45.0 Å². The Hall–Kier alpha value is -6.02. The van der Waals surface area contributed by atoms with Crippen molar-refractivity contribution >= 4 is 62.3 Å². The fourth-order valence-corrected chi connectivity index (χ4v) is 5.82. The molecule has 0 fully saturated rings. The van der Waals surface area contributed by atoms with Gasteiger partial charge in [0.2, 0.25) is 0 Å². The number of carboxylic acid groups (broad SMARTS) is 1. The first kappa shape index (κ1) is 36.3. The Balaban J connectivity index is 1.39. The third kappa shape index (κ3) is 8.41. The van der Waals surface area contributed by atoms with Crippen molar-refractivity contribution in [3.05, 3.63) is 90.1 Å². The van der Waals surface area contributed by atoms with E-state index < -0.39 is 23.0 Å². The van der Waals surface area contributed by atoms with Gasteiger partial charge in [0.15, 0.2) is 5.75 Å². The summed E-state index contributed by atoms with van der Waals surface area (Å²) in [4.78, 5) is 29.5. The number of carbonyl (C=O) groups is 2. The fourth-order valence-electron chi connectivity index (χ4n) is 5.36. The molecule has 0 bridgehead atoms. The Morgan fingerprint density at radius 3 is 2.04 bits per heavy atom. The summed E-state index contributed by atoms with van der Waals surface area (Å²) in [5.74, 6) is 0.851. The van der Waals surface area contributed by atoms with Gasteiger partial charge in [0.1, 0.15) is 45.4 Å². The molecule has 0 radical (unpaired) electrons. The highest BCUT2D eigenvalue weighted by molar-refractivity contribution is 7.85. The lowest BCUT2D eigenvalue weighted by Crippen LogP contribution is -2.21. The van der Waals surface area contributed by atoms with E-state index in [9.17, 15) is 18.9 Å². The van der Waals surface area contributed by atoms with Gasteiger partial charge in [0.05, 0.1) is 38.4 Å². The van der Waals surface area contributed by atoms with Crippen LogP contribution in [0.15, 0.2) is 79.0 Å². The quantitative estimate of drug-likeness (QED) is 0.0851. The van der Waals surface area contributed by atoms with Crippen molar-refractivity contribution in [1.82, 2.24) is 4.98 Å². The molecule has 13 nitrogen and oxygen atoms in total. The molecule has 51 heavy (non-hydrogen) atoms. The molecule has 1 atom stereocenters. The van der Waals surface area contributed by atoms with Gasteiger partial charge in [-0.25, -0.2) is 18.8 Å². The topological polar surface area (TPSA) is 169 Å². The number of nitrogens with one attached hydrogen (secondary N) is 4. The van der Waals surface area contributed by atoms with Crippen molar-refractivity contribution in [3.8, 4) is 28.7 Å². The predicted octanol–water partition coefficient (Wildman–Crippen LogP) is 8.14. The van der Waals surface area contributed by atoms with Crippen molar-refractivity contribution in [2.24, 2.45) is 0 Å². The lowest BCUT2D eigenvalue weighted by molar-refractivity contribution is 0.0689. The maximum Gasteiger partial charge on any atom is 0.343 e. The highest BCUT2D eigenvalue weighted by Gasteiger charge is 2.22. The lowest BCUT2D eigenvalue weighted by atomic mass is 9.86. The Bertz CT molecular complexity index is 2110. The van der Waals surface area contributed by atoms with E-state index in [2.05, 4.69) is 25.7 Å². The zero-order valence-electron chi connectivity index (χ0n) is 29.2. The molecule has 1 unspecified atom stereocenters. The summed E-state index contributed by atoms with van der Waals surface area (Å²) in [6.07, 6.45) is 3.09. The SMILES string of the molecule is COc1cc(Nc2cc(Oc3ccc(NC(=O)Nc4cc(C(C)(C)C)cc(NS(C)=O)c4OC)c4ccccc34)ccn2)cc(OC)c1C(=O)O. The molecule has 0 spiro atoms. The van der Waals surface area contributed by atoms with Crippen LogP contribution in [0.3, 0.4) is 0 Å². The van der Waals surface area contributed by atoms with Crippen LogP contribution >= 0.6 is 0 Å². The van der Waals surface area contributed by atoms with Gasteiger partial charge in [0, 0.05) is 47.1 Å². The zero-order chi connectivity index (χ0) is 36.9. The summed E-state index contributed by atoms with van der Waals surface area (Å²) in [7, 11) is 2.87. The van der Waals surface area contributed by atoms with E-state index in [0.717, 1.165) is 16.3 Å². The summed E-state index contributed by atoms with van der Waals surface area (Å²) < 4.78 is 37.4. The molecule has 2 amide bonds. The minimum absolute atomic E-state index is 0.0930. The highest BCUT2D eigenvalue weighted by Crippen LogP contribution is 2.40. The first-order valence-corrected chi connectivity index (χ1v) is 17.2. The van der Waals surface area contributed by atoms with Crippen LogP contribution in [-0.2, 0) is 16.4 Å². The summed E-state index contributed by atoms with van der Waals surface area (Å²) in [6, 6.07) is 20.7. The van der Waals surface area contributed by atoms with E-state index in [-0.39, 0.29) is 22.5 Å². The van der Waals surface area contributed by atoms with Crippen molar-refractivity contribution in [1.29, 1.82) is 0 Å². The Morgan fingerprint density at radius 1 is 0.784 bits per heavy atom. The number of nitrogens with zero attached hydrogens (tertiary/aromatic N) is 1. The molecule has 0 aliphatic carbocycles. The number of benzene rings is 4. The highest BCUT2D eigenvalue weighted by atomic mass is 32.2. The Labute approximate surface area is 297 Å². The molecule has 266 valence electrons. The van der Waals surface area contributed by atoms with Crippen LogP contribution in [-0.4, -0.2) is 53.9 Å². The average Bonchev–Trinajstić information content (AvgIpc) is 3.08. The van der Waals surface area contributed by atoms with Crippen LogP contribution in [0.4, 0.5) is 33.4 Å². The monoisotopic (exact) mass is 713 g/mol. The molecule has 14 heteroatoms. The van der Waals surface area contributed by atoms with Crippen LogP contribution in [0.25, 0.3) is 10.8 Å². The molecule has 1 heterocycles. The van der Waals surface area contributed by atoms with Gasteiger partial charge in [-0.2, -0.15) is 0 Å². The number of carboxylic acids is 1. The maximum atomic E-state index is 13.4. The zero-order valence-corrected chi connectivity index (χ0v) is 30.0. The number of pyridine rings is 1. The fraction of sp³-hybridized carbons (Fsp3) is 0.216. The standard InChI is InChI=1S/C37H39N5O8S/c1-37(2,3)21-16-27(34(49-6)28(17-21)42-51(7)46)41-36(45)40-26-12-13-29(25-11-9-8-10-24(25)26)50-23-14-15-38-32(20-23)39-22-18-30(47-4)33(35(43)44)31(19-22)48-5/h8-20,42H,1-7H3,(H,38,39)(H,43,44)(H2,40,41,45). The van der Waals surface area contributed by atoms with E-state index in [1.807, 2.05) is 57.2 Å². The molecule has 5 rings (SSSR count). The largest absolute Gasteiger partial charge is 0.496 e. The van der Waals surface area contributed by atoms with Crippen molar-refractivity contribution in [3.63, 3.8) is 0 Å². The normalized spacial score (nSPS) is 11.7. The number of amides is 2. The number of urea groups is 1. The van der Waals surface area contributed by atoms with Crippen molar-refractivity contribution in [2.75, 3.05) is 48.3 Å². The third-order valence-electron chi connectivity index (χ3n) is 7.74. The number of anilines is 5. The predicted molar refractivity (Wildman–Crippen MR) is 200 cm³/mol. The van der Waals surface area contributed by atoms with Gasteiger partial charge < -0.3 is 44.7 Å². The molecular weight excluding hydrogens is 675 g/mol. The minimum Gasteiger partial charge on any atom is -0.496 e. The van der Waals surface area contributed by atoms with E-state index in [4.69, 9.17) is 18.9 Å². The molecule has 0 saturated heterocycles. The third-order valence-corrected chi connectivity index (χ3v) is 8.25. The Kier molecular flexibility index (Phi) is 10.8. The molecule has 1 aromatic heterocycles. The number of ether oxygens (including phenoxy) is 4. The second-order valence-corrected chi connectivity index (χ2v) is 13.4. The maximum absolute atomic E-state index is 13.4. The lowest BCUT2D eigenvalue weighted by Gasteiger charge is -2.24. The number of hydrogen-bond donors (Lipinski definition) is 5. The summed E-state index contributed by atoms with van der Waals surface area (Å²) in [6.45, 7) is 6.13. The molecule has 0 aliphatic heterocycles. The molecular formula is C37H39N5O8S. The Morgan fingerprint density at radius 2 is 1.43 bits per heavy atom. The van der Waals surface area contributed by atoms with Crippen LogP contribution in [0.2, 0.25) is 0 Å². The molecule has 0 saturated carbocycles. The molecule has 0 aliphatic rings. The van der Waals surface area contributed by atoms with Gasteiger partial charge >= 0.3 is 12.0 Å². The smallest absolute Gasteiger partial charge is 0.343 e. The molecule has 5 N–H and O–H groups in total. The van der Waals surface area contributed by atoms with Crippen LogP contribution in [0.1, 0.15) is 36.7 Å².